The van der Waals surface area contributed by atoms with E-state index in [0.717, 1.165) is 28.9 Å². The number of thiophene rings is 1. The quantitative estimate of drug-likeness (QED) is 0.712. The van der Waals surface area contributed by atoms with Gasteiger partial charge < -0.3 is 9.88 Å². The summed E-state index contributed by atoms with van der Waals surface area (Å²) in [6.45, 7) is 4.68. The Kier molecular flexibility index (Phi) is 5.14. The molecule has 2 amide bonds. The van der Waals surface area contributed by atoms with Crippen molar-refractivity contribution in [1.82, 2.24) is 14.9 Å². The molecule has 3 rings (SSSR count). The zero-order valence-corrected chi connectivity index (χ0v) is 15.0. The number of aromatic nitrogens is 2. The van der Waals surface area contributed by atoms with E-state index in [4.69, 9.17) is 0 Å². The molecule has 2 heterocycles. The van der Waals surface area contributed by atoms with E-state index in [1.54, 1.807) is 6.07 Å². The molecule has 0 saturated heterocycles. The van der Waals surface area contributed by atoms with E-state index in [1.807, 2.05) is 41.8 Å². The molecule has 0 spiro atoms. The molecule has 0 saturated carbocycles. The van der Waals surface area contributed by atoms with Crippen LogP contribution in [0.4, 0.5) is 5.95 Å². The summed E-state index contributed by atoms with van der Waals surface area (Å²) < 4.78 is 1.98. The molecule has 0 radical (unpaired) electrons. The van der Waals surface area contributed by atoms with Gasteiger partial charge >= 0.3 is 0 Å². The lowest BCUT2D eigenvalue weighted by atomic mass is 10.3. The van der Waals surface area contributed by atoms with Crippen molar-refractivity contribution in [3.63, 3.8) is 0 Å². The lowest BCUT2D eigenvalue weighted by Gasteiger charge is -2.09. The number of benzene rings is 1. The van der Waals surface area contributed by atoms with Gasteiger partial charge in [-0.3, -0.25) is 14.9 Å². The fraction of sp³-hybridized carbons (Fsp3) is 0.278. The SMILES string of the molecule is CCCn1c(NC(=O)CNC(=O)c2ccc(C)s2)nc2ccccc21. The molecular weight excluding hydrogens is 336 g/mol. The number of hydrogen-bond donors (Lipinski definition) is 2. The molecule has 0 fully saturated rings. The summed E-state index contributed by atoms with van der Waals surface area (Å²) in [6.07, 6.45) is 0.928. The summed E-state index contributed by atoms with van der Waals surface area (Å²) >= 11 is 1.40. The Balaban J connectivity index is 1.67. The Bertz CT molecular complexity index is 913. The van der Waals surface area contributed by atoms with Crippen molar-refractivity contribution >= 4 is 40.1 Å². The van der Waals surface area contributed by atoms with Gasteiger partial charge in [-0.25, -0.2) is 4.98 Å². The Hall–Kier alpha value is -2.67. The van der Waals surface area contributed by atoms with E-state index in [2.05, 4.69) is 22.5 Å². The van der Waals surface area contributed by atoms with Gasteiger partial charge in [-0.15, -0.1) is 11.3 Å². The van der Waals surface area contributed by atoms with Crippen LogP contribution in [0, 0.1) is 6.92 Å². The molecule has 130 valence electrons. The second-order valence-electron chi connectivity index (χ2n) is 5.72. The Labute approximate surface area is 149 Å². The highest BCUT2D eigenvalue weighted by atomic mass is 32.1. The number of aryl methyl sites for hydroxylation is 2. The average molecular weight is 356 g/mol. The summed E-state index contributed by atoms with van der Waals surface area (Å²) in [5.74, 6) is -0.0288. The maximum absolute atomic E-state index is 12.2. The molecule has 1 aromatic carbocycles. The van der Waals surface area contributed by atoms with E-state index < -0.39 is 0 Å². The van der Waals surface area contributed by atoms with Crippen LogP contribution in [0.15, 0.2) is 36.4 Å². The van der Waals surface area contributed by atoms with Crippen molar-refractivity contribution in [2.45, 2.75) is 26.8 Å². The predicted octanol–water partition coefficient (Wildman–Crippen LogP) is 3.18. The number of nitrogens with zero attached hydrogens (tertiary/aromatic N) is 2. The smallest absolute Gasteiger partial charge is 0.261 e. The van der Waals surface area contributed by atoms with Crippen LogP contribution in [0.1, 0.15) is 27.9 Å². The molecule has 2 aromatic heterocycles. The zero-order chi connectivity index (χ0) is 17.8. The fourth-order valence-corrected chi connectivity index (χ4v) is 3.38. The first kappa shape index (κ1) is 17.2. The van der Waals surface area contributed by atoms with Gasteiger partial charge in [0.15, 0.2) is 0 Å². The molecule has 0 bridgehead atoms. The van der Waals surface area contributed by atoms with Crippen LogP contribution in [-0.2, 0) is 11.3 Å². The predicted molar refractivity (Wildman–Crippen MR) is 100 cm³/mol. The van der Waals surface area contributed by atoms with Crippen LogP contribution < -0.4 is 10.6 Å². The second kappa shape index (κ2) is 7.48. The number of imidazole rings is 1. The van der Waals surface area contributed by atoms with Gasteiger partial charge in [0.25, 0.3) is 5.91 Å². The van der Waals surface area contributed by atoms with Crippen molar-refractivity contribution in [3.05, 3.63) is 46.2 Å². The molecule has 2 N–H and O–H groups in total. The fourth-order valence-electron chi connectivity index (χ4n) is 2.59. The molecule has 3 aromatic rings. The first-order chi connectivity index (χ1) is 12.1. The van der Waals surface area contributed by atoms with Gasteiger partial charge in [-0.05, 0) is 37.6 Å². The molecular formula is C18H20N4O2S. The summed E-state index contributed by atoms with van der Waals surface area (Å²) in [5.41, 5.74) is 1.82. The summed E-state index contributed by atoms with van der Waals surface area (Å²) in [6, 6.07) is 11.4. The maximum Gasteiger partial charge on any atom is 0.261 e. The van der Waals surface area contributed by atoms with Gasteiger partial charge in [-0.2, -0.15) is 0 Å². The monoisotopic (exact) mass is 356 g/mol. The van der Waals surface area contributed by atoms with E-state index in [1.165, 1.54) is 11.3 Å². The van der Waals surface area contributed by atoms with Gasteiger partial charge in [0, 0.05) is 11.4 Å². The van der Waals surface area contributed by atoms with Crippen LogP contribution >= 0.6 is 11.3 Å². The summed E-state index contributed by atoms with van der Waals surface area (Å²) in [7, 11) is 0. The van der Waals surface area contributed by atoms with Crippen LogP contribution in [0.5, 0.6) is 0 Å². The topological polar surface area (TPSA) is 76.0 Å². The number of nitrogens with one attached hydrogen (secondary N) is 2. The first-order valence-electron chi connectivity index (χ1n) is 8.18. The van der Waals surface area contributed by atoms with Crippen LogP contribution in [0.2, 0.25) is 0 Å². The minimum Gasteiger partial charge on any atom is -0.342 e. The lowest BCUT2D eigenvalue weighted by Crippen LogP contribution is -2.33. The van der Waals surface area contributed by atoms with Crippen LogP contribution in [-0.4, -0.2) is 27.9 Å². The van der Waals surface area contributed by atoms with Crippen LogP contribution in [0.25, 0.3) is 11.0 Å². The highest BCUT2D eigenvalue weighted by molar-refractivity contribution is 7.13. The number of anilines is 1. The summed E-state index contributed by atoms with van der Waals surface area (Å²) in [5, 5.41) is 5.44. The third kappa shape index (κ3) is 3.88. The minimum absolute atomic E-state index is 0.0922. The molecule has 0 unspecified atom stereocenters. The summed E-state index contributed by atoms with van der Waals surface area (Å²) in [4.78, 5) is 30.4. The van der Waals surface area contributed by atoms with Crippen molar-refractivity contribution in [1.29, 1.82) is 0 Å². The van der Waals surface area contributed by atoms with Gasteiger partial charge in [0.05, 0.1) is 22.5 Å². The van der Waals surface area contributed by atoms with E-state index >= 15 is 0 Å². The van der Waals surface area contributed by atoms with Gasteiger partial charge in [0.2, 0.25) is 11.9 Å². The van der Waals surface area contributed by atoms with Crippen molar-refractivity contribution in [3.8, 4) is 0 Å². The van der Waals surface area contributed by atoms with E-state index in [-0.39, 0.29) is 18.4 Å². The molecule has 7 heteroatoms. The standard InChI is InChI=1S/C18H20N4O2S/c1-3-10-22-14-7-5-4-6-13(14)20-18(22)21-16(23)11-19-17(24)15-9-8-12(2)25-15/h4-9H,3,10-11H2,1-2H3,(H,19,24)(H,20,21,23). The normalized spacial score (nSPS) is 10.8. The number of fused-ring (bicyclic) bond motifs is 1. The van der Waals surface area contributed by atoms with Crippen molar-refractivity contribution in [2.24, 2.45) is 0 Å². The van der Waals surface area contributed by atoms with Crippen LogP contribution in [0.3, 0.4) is 0 Å². The maximum atomic E-state index is 12.2. The number of hydrogen-bond acceptors (Lipinski definition) is 4. The van der Waals surface area contributed by atoms with Gasteiger partial charge in [0.1, 0.15) is 0 Å². The highest BCUT2D eigenvalue weighted by Gasteiger charge is 2.14. The molecule has 0 aliphatic rings. The Morgan fingerprint density at radius 3 is 2.72 bits per heavy atom. The molecule has 0 atom stereocenters. The number of carbonyl (C=O) groups is 2. The third-order valence-corrected chi connectivity index (χ3v) is 4.73. The third-order valence-electron chi connectivity index (χ3n) is 3.73. The zero-order valence-electron chi connectivity index (χ0n) is 14.2. The average Bonchev–Trinajstić information content (AvgIpc) is 3.18. The molecule has 6 nitrogen and oxygen atoms in total. The van der Waals surface area contributed by atoms with E-state index in [0.29, 0.717) is 10.8 Å². The Morgan fingerprint density at radius 2 is 2.00 bits per heavy atom. The lowest BCUT2D eigenvalue weighted by molar-refractivity contribution is -0.115. The number of carbonyl (C=O) groups excluding carboxylic acids is 2. The second-order valence-corrected chi connectivity index (χ2v) is 7.00. The highest BCUT2D eigenvalue weighted by Crippen LogP contribution is 2.20. The minimum atomic E-state index is -0.297. The molecule has 25 heavy (non-hydrogen) atoms. The molecule has 0 aliphatic heterocycles. The van der Waals surface area contributed by atoms with Crippen molar-refractivity contribution in [2.75, 3.05) is 11.9 Å². The first-order valence-corrected chi connectivity index (χ1v) is 9.00. The number of amides is 2. The van der Waals surface area contributed by atoms with Crippen molar-refractivity contribution < 1.29 is 9.59 Å². The molecule has 0 aliphatic carbocycles. The van der Waals surface area contributed by atoms with Gasteiger partial charge in [-0.1, -0.05) is 19.1 Å². The Morgan fingerprint density at radius 1 is 1.20 bits per heavy atom. The van der Waals surface area contributed by atoms with E-state index in [9.17, 15) is 9.59 Å². The largest absolute Gasteiger partial charge is 0.342 e. The number of rotatable bonds is 6. The number of para-hydroxylation sites is 2.